The molecule has 0 radical (unpaired) electrons. The summed E-state index contributed by atoms with van der Waals surface area (Å²) in [5, 5.41) is 0.621. The zero-order valence-corrected chi connectivity index (χ0v) is 17.9. The van der Waals surface area contributed by atoms with Gasteiger partial charge in [0.2, 0.25) is 6.10 Å². The van der Waals surface area contributed by atoms with E-state index in [-0.39, 0.29) is 18.8 Å². The quantitative estimate of drug-likeness (QED) is 0.326. The lowest BCUT2D eigenvalue weighted by molar-refractivity contribution is -0.151. The summed E-state index contributed by atoms with van der Waals surface area (Å²) in [5.41, 5.74) is 1.50. The summed E-state index contributed by atoms with van der Waals surface area (Å²) in [6, 6.07) is 19.9. The van der Waals surface area contributed by atoms with Crippen molar-refractivity contribution < 1.29 is 23.4 Å². The molecule has 1 aliphatic rings. The largest absolute Gasteiger partial charge is 0.487 e. The lowest BCUT2D eigenvalue weighted by Gasteiger charge is -2.20. The summed E-state index contributed by atoms with van der Waals surface area (Å²) in [7, 11) is 0. The molecule has 0 bridgehead atoms. The van der Waals surface area contributed by atoms with Crippen LogP contribution in [-0.2, 0) is 16.1 Å². The fourth-order valence-corrected chi connectivity index (χ4v) is 4.11. The molecule has 5 rings (SSSR count). The Morgan fingerprint density at radius 2 is 1.82 bits per heavy atom. The fraction of sp³-hybridized carbons (Fsp3) is 0.192. The number of esters is 1. The van der Waals surface area contributed by atoms with Crippen molar-refractivity contribution in [1.29, 1.82) is 0 Å². The summed E-state index contributed by atoms with van der Waals surface area (Å²) < 4.78 is 23.0. The van der Waals surface area contributed by atoms with Crippen LogP contribution in [-0.4, -0.2) is 23.7 Å². The number of para-hydroxylation sites is 2. The van der Waals surface area contributed by atoms with Gasteiger partial charge in [0.15, 0.2) is 0 Å². The molecule has 0 fully saturated rings. The average Bonchev–Trinajstić information content (AvgIpc) is 3.25. The number of hydrogen-bond donors (Lipinski definition) is 0. The molecule has 2 aromatic carbocycles. The summed E-state index contributed by atoms with van der Waals surface area (Å²) in [6.07, 6.45) is 0.645. The molecule has 0 unspecified atom stereocenters. The van der Waals surface area contributed by atoms with Crippen LogP contribution in [0, 0.1) is 0 Å². The third-order valence-electron chi connectivity index (χ3n) is 5.53. The number of carbonyl (C=O) groups is 1. The number of hydrogen-bond acceptors (Lipinski definition) is 7. The molecular weight excluding hydrogens is 422 g/mol. The normalized spacial score (nSPS) is 16.8. The molecule has 0 spiro atoms. The van der Waals surface area contributed by atoms with Crippen molar-refractivity contribution in [3.05, 3.63) is 100 Å². The van der Waals surface area contributed by atoms with Crippen LogP contribution in [0.15, 0.2) is 82.1 Å². The number of carbonyl (C=O) groups excluding carboxylic acids is 1. The Hall–Kier alpha value is -4.13. The first-order valence-electron chi connectivity index (χ1n) is 10.7. The van der Waals surface area contributed by atoms with Crippen LogP contribution in [0.2, 0.25) is 0 Å². The smallest absolute Gasteiger partial charge is 0.348 e. The molecule has 0 saturated carbocycles. The van der Waals surface area contributed by atoms with Crippen LogP contribution in [0.25, 0.3) is 11.0 Å². The van der Waals surface area contributed by atoms with Gasteiger partial charge in [0.25, 0.3) is 0 Å². The van der Waals surface area contributed by atoms with E-state index in [2.05, 4.69) is 4.98 Å². The van der Waals surface area contributed by atoms with Crippen LogP contribution in [0.1, 0.15) is 29.7 Å². The molecule has 7 nitrogen and oxygen atoms in total. The molecule has 0 saturated heterocycles. The number of aromatic nitrogens is 1. The molecular formula is C26H21NO6. The van der Waals surface area contributed by atoms with E-state index < -0.39 is 23.6 Å². The van der Waals surface area contributed by atoms with E-state index in [1.54, 1.807) is 37.4 Å². The molecule has 166 valence electrons. The van der Waals surface area contributed by atoms with Gasteiger partial charge in [0, 0.05) is 11.8 Å². The van der Waals surface area contributed by atoms with Gasteiger partial charge in [0.05, 0.1) is 29.2 Å². The minimum Gasteiger partial charge on any atom is -0.487 e. The Labute approximate surface area is 189 Å². The first-order valence-corrected chi connectivity index (χ1v) is 10.7. The van der Waals surface area contributed by atoms with Gasteiger partial charge < -0.3 is 18.6 Å². The standard InChI is InChI=1S/C26H21NO6/c1-2-30-26(29)24-21(22-23(33-24)18-11-4-6-13-20(18)32-25(22)28)17-10-3-5-12-19(17)31-15-16-9-7-8-14-27-16/h3-14,21,24H,2,15H2,1H3/t21-,24-/m0/s1. The number of benzene rings is 2. The van der Waals surface area contributed by atoms with Crippen LogP contribution in [0.5, 0.6) is 11.5 Å². The van der Waals surface area contributed by atoms with Gasteiger partial charge >= 0.3 is 11.6 Å². The molecule has 4 aromatic rings. The van der Waals surface area contributed by atoms with Crippen LogP contribution < -0.4 is 15.1 Å². The second kappa shape index (κ2) is 8.78. The lowest BCUT2D eigenvalue weighted by atomic mass is 9.88. The zero-order valence-electron chi connectivity index (χ0n) is 17.9. The Morgan fingerprint density at radius 1 is 1.03 bits per heavy atom. The van der Waals surface area contributed by atoms with Crippen molar-refractivity contribution >= 4 is 16.9 Å². The van der Waals surface area contributed by atoms with Crippen molar-refractivity contribution in [3.63, 3.8) is 0 Å². The molecule has 33 heavy (non-hydrogen) atoms. The molecule has 0 aliphatic carbocycles. The number of rotatable bonds is 6. The van der Waals surface area contributed by atoms with Crippen molar-refractivity contribution in [3.8, 4) is 11.5 Å². The van der Waals surface area contributed by atoms with E-state index >= 15 is 0 Å². The van der Waals surface area contributed by atoms with Crippen LogP contribution in [0.4, 0.5) is 0 Å². The van der Waals surface area contributed by atoms with Crippen LogP contribution in [0.3, 0.4) is 0 Å². The highest BCUT2D eigenvalue weighted by Crippen LogP contribution is 2.46. The van der Waals surface area contributed by atoms with E-state index in [9.17, 15) is 9.59 Å². The number of ether oxygens (including phenoxy) is 3. The summed E-state index contributed by atoms with van der Waals surface area (Å²) in [5.74, 6) is -0.447. The SMILES string of the molecule is CCOC(=O)[C@H]1Oc2c(c(=O)oc3ccccc23)[C@@H]1c1ccccc1OCc1ccccn1. The lowest BCUT2D eigenvalue weighted by Crippen LogP contribution is -2.32. The number of fused-ring (bicyclic) bond motifs is 3. The predicted molar refractivity (Wildman–Crippen MR) is 120 cm³/mol. The van der Waals surface area contributed by atoms with Crippen molar-refractivity contribution in [2.75, 3.05) is 6.61 Å². The van der Waals surface area contributed by atoms with Crippen molar-refractivity contribution in [2.24, 2.45) is 0 Å². The summed E-state index contributed by atoms with van der Waals surface area (Å²) in [4.78, 5) is 30.3. The monoisotopic (exact) mass is 443 g/mol. The Kier molecular flexibility index (Phi) is 5.52. The second-order valence-corrected chi connectivity index (χ2v) is 7.54. The molecule has 1 aliphatic heterocycles. The van der Waals surface area contributed by atoms with Gasteiger partial charge in [-0.1, -0.05) is 36.4 Å². The Balaban J connectivity index is 1.63. The summed E-state index contributed by atoms with van der Waals surface area (Å²) >= 11 is 0. The highest BCUT2D eigenvalue weighted by atomic mass is 16.6. The van der Waals surface area contributed by atoms with Gasteiger partial charge in [0.1, 0.15) is 23.7 Å². The highest BCUT2D eigenvalue weighted by Gasteiger charge is 2.46. The molecule has 2 aromatic heterocycles. The van der Waals surface area contributed by atoms with Gasteiger partial charge in [-0.2, -0.15) is 0 Å². The third-order valence-corrected chi connectivity index (χ3v) is 5.53. The van der Waals surface area contributed by atoms with Gasteiger partial charge in [-0.25, -0.2) is 9.59 Å². The topological polar surface area (TPSA) is 87.9 Å². The molecule has 3 heterocycles. The first-order chi connectivity index (χ1) is 16.2. The van der Waals surface area contributed by atoms with Crippen molar-refractivity contribution in [2.45, 2.75) is 25.6 Å². The molecule has 2 atom stereocenters. The first kappa shape index (κ1) is 20.8. The molecule has 7 heteroatoms. The summed E-state index contributed by atoms with van der Waals surface area (Å²) in [6.45, 7) is 2.15. The van der Waals surface area contributed by atoms with Gasteiger partial charge in [-0.05, 0) is 37.3 Å². The Bertz CT molecular complexity index is 1360. The maximum absolute atomic E-state index is 13.1. The second-order valence-electron chi connectivity index (χ2n) is 7.54. The number of nitrogens with zero attached hydrogens (tertiary/aromatic N) is 1. The molecule has 0 N–H and O–H groups in total. The zero-order chi connectivity index (χ0) is 22.8. The fourth-order valence-electron chi connectivity index (χ4n) is 4.11. The van der Waals surface area contributed by atoms with E-state index in [1.165, 1.54) is 0 Å². The maximum Gasteiger partial charge on any atom is 0.348 e. The minimum absolute atomic E-state index is 0.189. The molecule has 0 amide bonds. The Morgan fingerprint density at radius 3 is 2.64 bits per heavy atom. The van der Waals surface area contributed by atoms with Gasteiger partial charge in [-0.3, -0.25) is 4.98 Å². The predicted octanol–water partition coefficient (Wildman–Crippen LogP) is 4.22. The van der Waals surface area contributed by atoms with Gasteiger partial charge in [-0.15, -0.1) is 0 Å². The minimum atomic E-state index is -1.05. The van der Waals surface area contributed by atoms with Crippen molar-refractivity contribution in [1.82, 2.24) is 4.98 Å². The average molecular weight is 443 g/mol. The van der Waals surface area contributed by atoms with Crippen LogP contribution >= 0.6 is 0 Å². The van der Waals surface area contributed by atoms with E-state index in [4.69, 9.17) is 18.6 Å². The number of pyridine rings is 1. The van der Waals surface area contributed by atoms with E-state index in [0.29, 0.717) is 28.0 Å². The van der Waals surface area contributed by atoms with E-state index in [0.717, 1.165) is 5.69 Å². The highest BCUT2D eigenvalue weighted by molar-refractivity contribution is 5.88. The maximum atomic E-state index is 13.1. The third kappa shape index (κ3) is 3.82. The van der Waals surface area contributed by atoms with E-state index in [1.807, 2.05) is 42.5 Å².